The zero-order chi connectivity index (χ0) is 33.0. The van der Waals surface area contributed by atoms with Gasteiger partial charge < -0.3 is 19.4 Å². The third-order valence-electron chi connectivity index (χ3n) is 9.02. The number of para-hydroxylation sites is 1. The molecule has 242 valence electrons. The van der Waals surface area contributed by atoms with E-state index in [9.17, 15) is 28.8 Å². The monoisotopic (exact) mass is 629 g/mol. The Morgan fingerprint density at radius 3 is 2.61 bits per heavy atom. The molecule has 0 spiro atoms. The molecule has 0 aliphatic carbocycles. The maximum atomic E-state index is 13.7. The van der Waals surface area contributed by atoms with E-state index in [2.05, 4.69) is 5.32 Å². The third kappa shape index (κ3) is 6.63. The molecule has 0 bridgehead atoms. The highest BCUT2D eigenvalue weighted by Gasteiger charge is 2.50. The fourth-order valence-corrected chi connectivity index (χ4v) is 6.10. The van der Waals surface area contributed by atoms with Crippen LogP contribution in [0, 0.1) is 5.92 Å². The van der Waals surface area contributed by atoms with Crippen molar-refractivity contribution in [2.75, 3.05) is 6.54 Å². The lowest BCUT2D eigenvalue weighted by molar-refractivity contribution is -0.189. The Balaban J connectivity index is 1.22. The predicted octanol–water partition coefficient (Wildman–Crippen LogP) is 4.27. The second-order valence-corrected chi connectivity index (χ2v) is 12.2. The SMILES string of the molecule is CC[C@]1(OC(=O)CNC(=O)CCC(=O)CCCCC[C@@H](C)C(C)=O)C(=O)OCc2c1cc1n(c2=O)Cc2cc3ccccc3nc2-1. The van der Waals surface area contributed by atoms with Gasteiger partial charge >= 0.3 is 11.9 Å². The molecule has 2 aliphatic rings. The lowest BCUT2D eigenvalue weighted by Gasteiger charge is -2.35. The Morgan fingerprint density at radius 2 is 1.85 bits per heavy atom. The lowest BCUT2D eigenvalue weighted by atomic mass is 9.85. The molecule has 2 atom stereocenters. The Morgan fingerprint density at radius 1 is 1.07 bits per heavy atom. The van der Waals surface area contributed by atoms with Gasteiger partial charge in [-0.05, 0) is 44.4 Å². The van der Waals surface area contributed by atoms with Crippen LogP contribution in [0.4, 0.5) is 0 Å². The molecule has 5 rings (SSSR count). The highest BCUT2D eigenvalue weighted by molar-refractivity contribution is 5.90. The zero-order valence-electron chi connectivity index (χ0n) is 26.5. The molecule has 0 radical (unpaired) electrons. The Hall–Kier alpha value is -4.67. The molecule has 0 saturated heterocycles. The van der Waals surface area contributed by atoms with E-state index in [-0.39, 0.29) is 60.0 Å². The highest BCUT2D eigenvalue weighted by Crippen LogP contribution is 2.40. The van der Waals surface area contributed by atoms with Crippen molar-refractivity contribution in [3.05, 3.63) is 63.4 Å². The van der Waals surface area contributed by atoms with Crippen molar-refractivity contribution in [2.45, 2.75) is 90.9 Å². The van der Waals surface area contributed by atoms with E-state index in [1.165, 1.54) is 0 Å². The number of ketones is 2. The second kappa shape index (κ2) is 13.8. The minimum atomic E-state index is -1.87. The first-order valence-electron chi connectivity index (χ1n) is 15.9. The number of pyridine rings is 2. The summed E-state index contributed by atoms with van der Waals surface area (Å²) < 4.78 is 12.7. The maximum Gasteiger partial charge on any atom is 0.355 e. The van der Waals surface area contributed by atoms with Crippen LogP contribution in [0.5, 0.6) is 0 Å². The number of amides is 1. The Kier molecular flexibility index (Phi) is 9.79. The van der Waals surface area contributed by atoms with Gasteiger partial charge in [0.2, 0.25) is 11.5 Å². The minimum Gasteiger partial charge on any atom is -0.457 e. The Bertz CT molecular complexity index is 1780. The number of carbonyl (C=O) groups is 5. The van der Waals surface area contributed by atoms with Crippen molar-refractivity contribution < 1.29 is 33.4 Å². The smallest absolute Gasteiger partial charge is 0.355 e. The first kappa shape index (κ1) is 32.7. The molecule has 11 heteroatoms. The summed E-state index contributed by atoms with van der Waals surface area (Å²) in [4.78, 5) is 80.6. The van der Waals surface area contributed by atoms with Crippen molar-refractivity contribution in [3.8, 4) is 11.4 Å². The van der Waals surface area contributed by atoms with E-state index in [4.69, 9.17) is 14.5 Å². The highest BCUT2D eigenvalue weighted by atomic mass is 16.6. The summed E-state index contributed by atoms with van der Waals surface area (Å²) in [6, 6.07) is 11.3. The summed E-state index contributed by atoms with van der Waals surface area (Å²) in [6.45, 7) is 4.68. The molecule has 3 aromatic rings. The van der Waals surface area contributed by atoms with Crippen molar-refractivity contribution in [1.82, 2.24) is 14.9 Å². The van der Waals surface area contributed by atoms with Crippen LogP contribution >= 0.6 is 0 Å². The van der Waals surface area contributed by atoms with Gasteiger partial charge in [-0.3, -0.25) is 24.0 Å². The number of rotatable bonds is 14. The average molecular weight is 630 g/mol. The number of ether oxygens (including phenoxy) is 2. The van der Waals surface area contributed by atoms with Crippen LogP contribution in [0.15, 0.2) is 41.2 Å². The van der Waals surface area contributed by atoms with Crippen LogP contribution in [0.2, 0.25) is 0 Å². The number of esters is 2. The van der Waals surface area contributed by atoms with Crippen LogP contribution in [-0.2, 0) is 52.2 Å². The number of hydrogen-bond donors (Lipinski definition) is 1. The summed E-state index contributed by atoms with van der Waals surface area (Å²) in [5.41, 5.74) is 1.04. The van der Waals surface area contributed by atoms with E-state index >= 15 is 0 Å². The number of unbranched alkanes of at least 4 members (excludes halogenated alkanes) is 2. The summed E-state index contributed by atoms with van der Waals surface area (Å²) in [7, 11) is 0. The van der Waals surface area contributed by atoms with E-state index in [1.807, 2.05) is 37.3 Å². The topological polar surface area (TPSA) is 151 Å². The fourth-order valence-electron chi connectivity index (χ4n) is 6.10. The van der Waals surface area contributed by atoms with Crippen LogP contribution in [-0.4, -0.2) is 45.5 Å². The van der Waals surface area contributed by atoms with Gasteiger partial charge in [-0.1, -0.05) is 44.9 Å². The van der Waals surface area contributed by atoms with Crippen molar-refractivity contribution in [2.24, 2.45) is 5.92 Å². The first-order valence-corrected chi connectivity index (χ1v) is 15.9. The van der Waals surface area contributed by atoms with Crippen LogP contribution in [0.25, 0.3) is 22.3 Å². The lowest BCUT2D eigenvalue weighted by Crippen LogP contribution is -2.48. The molecule has 0 saturated carbocycles. The van der Waals surface area contributed by atoms with E-state index in [1.54, 1.807) is 24.5 Å². The van der Waals surface area contributed by atoms with Crippen LogP contribution in [0.1, 0.15) is 88.8 Å². The number of cyclic esters (lactones) is 1. The largest absolute Gasteiger partial charge is 0.457 e. The van der Waals surface area contributed by atoms with Gasteiger partial charge in [0.1, 0.15) is 24.7 Å². The maximum absolute atomic E-state index is 13.7. The van der Waals surface area contributed by atoms with Crippen LogP contribution < -0.4 is 10.9 Å². The molecule has 0 unspecified atom stereocenters. The predicted molar refractivity (Wildman–Crippen MR) is 169 cm³/mol. The van der Waals surface area contributed by atoms with Gasteiger partial charge in [0, 0.05) is 41.7 Å². The first-order chi connectivity index (χ1) is 22.0. The molecule has 46 heavy (non-hydrogen) atoms. The van der Waals surface area contributed by atoms with E-state index < -0.39 is 30.0 Å². The fraction of sp³-hybridized carbons (Fsp3) is 0.457. The normalized spacial score (nSPS) is 17.0. The molecule has 1 amide bonds. The van der Waals surface area contributed by atoms with Gasteiger partial charge in [0.25, 0.3) is 5.56 Å². The molecule has 1 N–H and O–H groups in total. The zero-order valence-corrected chi connectivity index (χ0v) is 26.5. The number of carbonyl (C=O) groups excluding carboxylic acids is 5. The summed E-state index contributed by atoms with van der Waals surface area (Å²) in [6.07, 6.45) is 3.51. The standard InChI is InChI=1S/C35H39N3O8/c1-4-35(46-31(42)18-36-30(41)15-14-25(40)12-7-5-6-10-21(2)22(3)39)27-17-29-32-24(16-23-11-8-9-13-28(23)37-32)19-38(29)33(43)26(27)20-45-34(35)44/h8-9,11,13,16-17,21H,4-7,10,12,14-15,18-20H2,1-3H3,(H,36,41)/t21-,35-/m1/s1. The van der Waals surface area contributed by atoms with Gasteiger partial charge in [-0.2, -0.15) is 0 Å². The quantitative estimate of drug-likeness (QED) is 0.159. The number of nitrogens with zero attached hydrogens (tertiary/aromatic N) is 2. The van der Waals surface area contributed by atoms with E-state index in [0.717, 1.165) is 35.7 Å². The second-order valence-electron chi connectivity index (χ2n) is 12.2. The summed E-state index contributed by atoms with van der Waals surface area (Å²) in [5.74, 6) is -2.03. The summed E-state index contributed by atoms with van der Waals surface area (Å²) in [5, 5.41) is 3.41. The van der Waals surface area contributed by atoms with Gasteiger partial charge in [0.15, 0.2) is 0 Å². The minimum absolute atomic E-state index is 0.00157. The average Bonchev–Trinajstić information content (AvgIpc) is 3.40. The van der Waals surface area contributed by atoms with E-state index in [0.29, 0.717) is 30.8 Å². The number of benzene rings is 1. The van der Waals surface area contributed by atoms with Gasteiger partial charge in [0.05, 0.1) is 29.0 Å². The molecule has 2 aliphatic heterocycles. The Labute approximate surface area is 266 Å². The number of hydrogen-bond acceptors (Lipinski definition) is 9. The molecule has 11 nitrogen and oxygen atoms in total. The molecule has 1 aromatic carbocycles. The van der Waals surface area contributed by atoms with Crippen molar-refractivity contribution in [3.63, 3.8) is 0 Å². The molecule has 2 aromatic heterocycles. The number of fused-ring (bicyclic) bond motifs is 5. The van der Waals surface area contributed by atoms with Gasteiger partial charge in [-0.15, -0.1) is 0 Å². The van der Waals surface area contributed by atoms with Crippen molar-refractivity contribution >= 4 is 40.3 Å². The van der Waals surface area contributed by atoms with Gasteiger partial charge in [-0.25, -0.2) is 9.78 Å². The number of Topliss-reactive ketones (excluding diaryl/α,β-unsaturated/α-hetero) is 2. The summed E-state index contributed by atoms with van der Waals surface area (Å²) >= 11 is 0. The number of aromatic nitrogens is 2. The number of nitrogens with one attached hydrogen (secondary N) is 1. The molecule has 4 heterocycles. The molecule has 0 fully saturated rings. The molecular formula is C35H39N3O8. The van der Waals surface area contributed by atoms with Crippen LogP contribution in [0.3, 0.4) is 0 Å². The van der Waals surface area contributed by atoms with Crippen molar-refractivity contribution in [1.29, 1.82) is 0 Å². The third-order valence-corrected chi connectivity index (χ3v) is 9.02. The molecular weight excluding hydrogens is 590 g/mol.